The average Bonchev–Trinajstić information content (AvgIpc) is 3.11. The maximum Gasteiger partial charge on any atom is 0.227 e. The van der Waals surface area contributed by atoms with Crippen molar-refractivity contribution in [3.63, 3.8) is 0 Å². The smallest absolute Gasteiger partial charge is 0.227 e. The number of nitrogens with one attached hydrogen (secondary N) is 1. The van der Waals surface area contributed by atoms with Crippen LogP contribution in [0.5, 0.6) is 0 Å². The average molecular weight is 377 g/mol. The first-order valence-corrected chi connectivity index (χ1v) is 10.1. The third-order valence-electron chi connectivity index (χ3n) is 5.81. The van der Waals surface area contributed by atoms with Gasteiger partial charge in [0.1, 0.15) is 0 Å². The van der Waals surface area contributed by atoms with Crippen LogP contribution in [-0.2, 0) is 27.5 Å². The Labute approximate surface area is 161 Å². The van der Waals surface area contributed by atoms with Crippen molar-refractivity contribution in [2.45, 2.75) is 58.1 Å². The lowest BCUT2D eigenvalue weighted by atomic mass is 9.87. The Morgan fingerprint density at radius 3 is 2.85 bits per heavy atom. The molecule has 0 bridgehead atoms. The van der Waals surface area contributed by atoms with Gasteiger partial charge in [-0.05, 0) is 31.2 Å². The number of piperidine rings is 1. The van der Waals surface area contributed by atoms with E-state index in [0.717, 1.165) is 17.9 Å². The number of amides is 2. The molecule has 1 aliphatic heterocycles. The van der Waals surface area contributed by atoms with Crippen molar-refractivity contribution in [2.75, 3.05) is 27.2 Å². The van der Waals surface area contributed by atoms with Gasteiger partial charge in [-0.3, -0.25) is 14.7 Å². The lowest BCUT2D eigenvalue weighted by Gasteiger charge is -2.36. The Morgan fingerprint density at radius 2 is 2.11 bits per heavy atom. The number of hydrogen-bond donors (Lipinski definition) is 1. The van der Waals surface area contributed by atoms with Gasteiger partial charge < -0.3 is 14.5 Å². The summed E-state index contributed by atoms with van der Waals surface area (Å²) in [6.07, 6.45) is 7.42. The van der Waals surface area contributed by atoms with Crippen molar-refractivity contribution >= 4 is 11.8 Å². The van der Waals surface area contributed by atoms with Gasteiger partial charge in [0.05, 0.1) is 30.5 Å². The first-order valence-electron chi connectivity index (χ1n) is 10.1. The summed E-state index contributed by atoms with van der Waals surface area (Å²) in [6, 6.07) is 1.92. The zero-order chi connectivity index (χ0) is 19.2. The van der Waals surface area contributed by atoms with Gasteiger partial charge in [-0.15, -0.1) is 0 Å². The zero-order valence-corrected chi connectivity index (χ0v) is 16.6. The molecule has 1 aliphatic carbocycles. The lowest BCUT2D eigenvalue weighted by molar-refractivity contribution is -0.143. The summed E-state index contributed by atoms with van der Waals surface area (Å²) in [5.41, 5.74) is 1.72. The zero-order valence-electron chi connectivity index (χ0n) is 16.6. The van der Waals surface area contributed by atoms with Gasteiger partial charge in [-0.25, -0.2) is 0 Å². The minimum atomic E-state index is -0.0994. The number of ether oxygens (including phenoxy) is 1. The van der Waals surface area contributed by atoms with Crippen molar-refractivity contribution in [2.24, 2.45) is 11.8 Å². The molecule has 1 saturated heterocycles. The number of rotatable bonds is 7. The van der Waals surface area contributed by atoms with E-state index in [1.54, 1.807) is 12.0 Å². The van der Waals surface area contributed by atoms with E-state index in [0.29, 0.717) is 38.5 Å². The highest BCUT2D eigenvalue weighted by atomic mass is 16.5. The fourth-order valence-electron chi connectivity index (χ4n) is 4.33. The van der Waals surface area contributed by atoms with Crippen LogP contribution in [0.4, 0.5) is 0 Å². The van der Waals surface area contributed by atoms with Crippen LogP contribution in [0, 0.1) is 11.8 Å². The molecule has 0 aromatic carbocycles. The van der Waals surface area contributed by atoms with Crippen LogP contribution < -0.4 is 0 Å². The normalized spacial score (nSPS) is 21.5. The topological polar surface area (TPSA) is 78.5 Å². The number of nitrogens with zero attached hydrogens (tertiary/aromatic N) is 3. The number of H-pyrrole nitrogens is 1. The second kappa shape index (κ2) is 9.35. The van der Waals surface area contributed by atoms with E-state index >= 15 is 0 Å². The highest BCUT2D eigenvalue weighted by Crippen LogP contribution is 2.27. The van der Waals surface area contributed by atoms with Gasteiger partial charge in [0, 0.05) is 33.7 Å². The SMILES string of the molecule is COCc1cc(CN(C)C(=O)C2CCC(=O)N(CC3CCCCC3)C2)[nH]n1. The number of carbonyl (C=O) groups is 2. The number of aromatic amines is 1. The van der Waals surface area contributed by atoms with E-state index in [4.69, 9.17) is 4.74 Å². The Hall–Kier alpha value is -1.89. The van der Waals surface area contributed by atoms with Crippen molar-refractivity contribution < 1.29 is 14.3 Å². The van der Waals surface area contributed by atoms with Gasteiger partial charge >= 0.3 is 0 Å². The van der Waals surface area contributed by atoms with Crippen molar-refractivity contribution in [1.82, 2.24) is 20.0 Å². The first-order chi connectivity index (χ1) is 13.1. The van der Waals surface area contributed by atoms with Crippen LogP contribution in [-0.4, -0.2) is 59.1 Å². The molecule has 2 amide bonds. The number of carbonyl (C=O) groups excluding carboxylic acids is 2. The van der Waals surface area contributed by atoms with E-state index in [1.807, 2.05) is 18.0 Å². The fraction of sp³-hybridized carbons (Fsp3) is 0.750. The van der Waals surface area contributed by atoms with Crippen molar-refractivity contribution in [3.8, 4) is 0 Å². The summed E-state index contributed by atoms with van der Waals surface area (Å²) >= 11 is 0. The molecule has 1 N–H and O–H groups in total. The molecular formula is C20H32N4O3. The predicted molar refractivity (Wildman–Crippen MR) is 102 cm³/mol. The van der Waals surface area contributed by atoms with Crippen LogP contribution in [0.25, 0.3) is 0 Å². The summed E-state index contributed by atoms with van der Waals surface area (Å²) in [4.78, 5) is 28.9. The van der Waals surface area contributed by atoms with E-state index in [1.165, 1.54) is 32.1 Å². The summed E-state index contributed by atoms with van der Waals surface area (Å²) in [7, 11) is 3.45. The molecule has 1 saturated carbocycles. The number of hydrogen-bond acceptors (Lipinski definition) is 4. The first kappa shape index (κ1) is 19.9. The van der Waals surface area contributed by atoms with Crippen LogP contribution in [0.1, 0.15) is 56.3 Å². The molecule has 1 aromatic rings. The number of likely N-dealkylation sites (tertiary alicyclic amines) is 1. The van der Waals surface area contributed by atoms with Gasteiger partial charge in [0.2, 0.25) is 11.8 Å². The predicted octanol–water partition coefficient (Wildman–Crippen LogP) is 2.33. The molecule has 0 spiro atoms. The molecule has 0 radical (unpaired) electrons. The van der Waals surface area contributed by atoms with E-state index in [9.17, 15) is 9.59 Å². The molecule has 2 heterocycles. The van der Waals surface area contributed by atoms with Gasteiger partial charge in [-0.1, -0.05) is 19.3 Å². The summed E-state index contributed by atoms with van der Waals surface area (Å²) in [5, 5.41) is 7.14. The van der Waals surface area contributed by atoms with E-state index in [-0.39, 0.29) is 17.7 Å². The third-order valence-corrected chi connectivity index (χ3v) is 5.81. The molecule has 3 rings (SSSR count). The quantitative estimate of drug-likeness (QED) is 0.792. The molecule has 1 aromatic heterocycles. The summed E-state index contributed by atoms with van der Waals surface area (Å²) < 4.78 is 5.07. The van der Waals surface area contributed by atoms with Crippen LogP contribution in [0.2, 0.25) is 0 Å². The second-order valence-corrected chi connectivity index (χ2v) is 8.05. The van der Waals surface area contributed by atoms with Crippen molar-refractivity contribution in [1.29, 1.82) is 0 Å². The maximum atomic E-state index is 12.9. The largest absolute Gasteiger partial charge is 0.378 e. The van der Waals surface area contributed by atoms with E-state index < -0.39 is 0 Å². The molecule has 2 aliphatic rings. The fourth-order valence-corrected chi connectivity index (χ4v) is 4.33. The highest BCUT2D eigenvalue weighted by molar-refractivity contribution is 5.83. The molecule has 2 fully saturated rings. The highest BCUT2D eigenvalue weighted by Gasteiger charge is 2.33. The molecular weight excluding hydrogens is 344 g/mol. The van der Waals surface area contributed by atoms with Gasteiger partial charge in [0.25, 0.3) is 0 Å². The second-order valence-electron chi connectivity index (χ2n) is 8.05. The molecule has 7 nitrogen and oxygen atoms in total. The van der Waals surface area contributed by atoms with E-state index in [2.05, 4.69) is 10.2 Å². The molecule has 150 valence electrons. The van der Waals surface area contributed by atoms with Crippen LogP contribution in [0.15, 0.2) is 6.07 Å². The van der Waals surface area contributed by atoms with Crippen molar-refractivity contribution in [3.05, 3.63) is 17.5 Å². The van der Waals surface area contributed by atoms with Gasteiger partial charge in [-0.2, -0.15) is 5.10 Å². The standard InChI is InChI=1S/C20H32N4O3/c1-23(13-17-10-18(14-27-2)22-21-17)20(26)16-8-9-19(25)24(12-16)11-15-6-4-3-5-7-15/h10,15-16H,3-9,11-14H2,1-2H3,(H,21,22). The minimum Gasteiger partial charge on any atom is -0.378 e. The molecule has 1 unspecified atom stereocenters. The Balaban J connectivity index is 1.53. The molecule has 1 atom stereocenters. The Kier molecular flexibility index (Phi) is 6.88. The molecule has 7 heteroatoms. The molecule has 27 heavy (non-hydrogen) atoms. The number of methoxy groups -OCH3 is 1. The lowest BCUT2D eigenvalue weighted by Crippen LogP contribution is -2.47. The third kappa shape index (κ3) is 5.31. The van der Waals surface area contributed by atoms with Gasteiger partial charge in [0.15, 0.2) is 0 Å². The minimum absolute atomic E-state index is 0.0994. The summed E-state index contributed by atoms with van der Waals surface area (Å²) in [5.74, 6) is 0.834. The monoisotopic (exact) mass is 376 g/mol. The Bertz CT molecular complexity index is 639. The number of aromatic nitrogens is 2. The van der Waals surface area contributed by atoms with Crippen LogP contribution in [0.3, 0.4) is 0 Å². The maximum absolute atomic E-state index is 12.9. The Morgan fingerprint density at radius 1 is 1.33 bits per heavy atom. The van der Waals surface area contributed by atoms with Crippen LogP contribution >= 0.6 is 0 Å². The summed E-state index contributed by atoms with van der Waals surface area (Å²) in [6.45, 7) is 2.33.